The van der Waals surface area contributed by atoms with Gasteiger partial charge in [0.05, 0.1) is 5.56 Å². The highest BCUT2D eigenvalue weighted by Crippen LogP contribution is 2.24. The van der Waals surface area contributed by atoms with E-state index in [-0.39, 0.29) is 17.7 Å². The van der Waals surface area contributed by atoms with Crippen LogP contribution < -0.4 is 11.2 Å². The fourth-order valence-electron chi connectivity index (χ4n) is 3.81. The van der Waals surface area contributed by atoms with E-state index in [0.717, 1.165) is 24.2 Å². The van der Waals surface area contributed by atoms with Crippen molar-refractivity contribution in [2.24, 2.45) is 4.99 Å². The van der Waals surface area contributed by atoms with Crippen molar-refractivity contribution in [1.29, 1.82) is 0 Å². The van der Waals surface area contributed by atoms with Gasteiger partial charge in [0.2, 0.25) is 0 Å². The van der Waals surface area contributed by atoms with E-state index >= 15 is 0 Å². The van der Waals surface area contributed by atoms with Gasteiger partial charge in [0.15, 0.2) is 0 Å². The SMILES string of the molecule is CCCCn1c2c(c(=O)n(CCCn3ncnc3Cc3ccccc3)c1=O)CC(Cl)=N2. The number of benzene rings is 1. The molecule has 3 heterocycles. The lowest BCUT2D eigenvalue weighted by molar-refractivity contribution is 0.474. The number of aliphatic imine (C=N–C) groups is 1. The van der Waals surface area contributed by atoms with Gasteiger partial charge < -0.3 is 0 Å². The molecule has 9 heteroatoms. The smallest absolute Gasteiger partial charge is 0.278 e. The van der Waals surface area contributed by atoms with Gasteiger partial charge in [-0.2, -0.15) is 5.10 Å². The molecular weight excluding hydrogens is 416 g/mol. The second kappa shape index (κ2) is 9.43. The predicted molar refractivity (Wildman–Crippen MR) is 120 cm³/mol. The molecule has 3 aromatic rings. The van der Waals surface area contributed by atoms with Gasteiger partial charge in [-0.15, -0.1) is 0 Å². The summed E-state index contributed by atoms with van der Waals surface area (Å²) in [6.45, 7) is 3.45. The highest BCUT2D eigenvalue weighted by atomic mass is 35.5. The standard InChI is InChI=1S/C22H25ClN6O2/c1-2-3-10-27-20-17(14-18(23)26-20)21(30)28(22(27)31)11-7-12-29-19(24-15-25-29)13-16-8-5-4-6-9-16/h4-6,8-9,15H,2-3,7,10-14H2,1H3. The predicted octanol–water partition coefficient (Wildman–Crippen LogP) is 2.91. The average Bonchev–Trinajstić information content (AvgIpc) is 3.37. The van der Waals surface area contributed by atoms with Gasteiger partial charge in [-0.25, -0.2) is 19.5 Å². The van der Waals surface area contributed by atoms with E-state index < -0.39 is 0 Å². The second-order valence-electron chi connectivity index (χ2n) is 7.63. The molecule has 0 saturated carbocycles. The molecule has 0 spiro atoms. The Balaban J connectivity index is 1.52. The summed E-state index contributed by atoms with van der Waals surface area (Å²) in [4.78, 5) is 34.6. The first-order chi connectivity index (χ1) is 15.1. The Morgan fingerprint density at radius 3 is 2.58 bits per heavy atom. The van der Waals surface area contributed by atoms with E-state index in [1.807, 2.05) is 22.9 Å². The molecule has 4 rings (SSSR count). The quantitative estimate of drug-likeness (QED) is 0.512. The van der Waals surface area contributed by atoms with Crippen molar-refractivity contribution in [3.63, 3.8) is 0 Å². The third-order valence-electron chi connectivity index (χ3n) is 5.43. The van der Waals surface area contributed by atoms with Crippen LogP contribution in [-0.2, 0) is 32.5 Å². The molecule has 0 saturated heterocycles. The first-order valence-electron chi connectivity index (χ1n) is 10.6. The minimum atomic E-state index is -0.324. The first kappa shape index (κ1) is 21.2. The molecule has 0 bridgehead atoms. The molecule has 31 heavy (non-hydrogen) atoms. The zero-order valence-corrected chi connectivity index (χ0v) is 18.3. The summed E-state index contributed by atoms with van der Waals surface area (Å²) in [5.41, 5.74) is 1.04. The Labute approximate surface area is 184 Å². The third-order valence-corrected chi connectivity index (χ3v) is 5.65. The summed E-state index contributed by atoms with van der Waals surface area (Å²) < 4.78 is 4.74. The normalized spacial score (nSPS) is 12.8. The Morgan fingerprint density at radius 1 is 1.03 bits per heavy atom. The second-order valence-corrected chi connectivity index (χ2v) is 8.06. The van der Waals surface area contributed by atoms with Gasteiger partial charge in [-0.05, 0) is 18.4 Å². The summed E-state index contributed by atoms with van der Waals surface area (Å²) in [5, 5.41) is 4.66. The van der Waals surface area contributed by atoms with Crippen LogP contribution in [0.15, 0.2) is 51.2 Å². The summed E-state index contributed by atoms with van der Waals surface area (Å²) >= 11 is 6.08. The van der Waals surface area contributed by atoms with Crippen molar-refractivity contribution in [3.05, 3.63) is 74.4 Å². The minimum absolute atomic E-state index is 0.284. The Morgan fingerprint density at radius 2 is 1.81 bits per heavy atom. The maximum Gasteiger partial charge on any atom is 0.332 e. The number of aromatic nitrogens is 5. The molecule has 0 radical (unpaired) electrons. The molecular formula is C22H25ClN6O2. The molecule has 8 nitrogen and oxygen atoms in total. The highest BCUT2D eigenvalue weighted by molar-refractivity contribution is 6.66. The van der Waals surface area contributed by atoms with Crippen LogP contribution in [0, 0.1) is 0 Å². The number of hydrogen-bond donors (Lipinski definition) is 0. The number of hydrogen-bond acceptors (Lipinski definition) is 5. The number of aryl methyl sites for hydroxylation is 1. The van der Waals surface area contributed by atoms with Gasteiger partial charge >= 0.3 is 5.69 Å². The lowest BCUT2D eigenvalue weighted by atomic mass is 10.1. The Hall–Kier alpha value is -3.00. The van der Waals surface area contributed by atoms with E-state index in [2.05, 4.69) is 34.1 Å². The maximum absolute atomic E-state index is 13.0. The minimum Gasteiger partial charge on any atom is -0.278 e. The number of rotatable bonds is 9. The monoisotopic (exact) mass is 440 g/mol. The molecule has 0 atom stereocenters. The molecule has 162 valence electrons. The largest absolute Gasteiger partial charge is 0.332 e. The van der Waals surface area contributed by atoms with Crippen LogP contribution in [-0.4, -0.2) is 29.1 Å². The highest BCUT2D eigenvalue weighted by Gasteiger charge is 2.24. The van der Waals surface area contributed by atoms with Crippen LogP contribution in [0.5, 0.6) is 0 Å². The van der Waals surface area contributed by atoms with Crippen molar-refractivity contribution >= 4 is 22.6 Å². The first-order valence-corrected chi connectivity index (χ1v) is 11.0. The summed E-state index contributed by atoms with van der Waals surface area (Å²) in [7, 11) is 0. The average molecular weight is 441 g/mol. The Kier molecular flexibility index (Phi) is 6.46. The van der Waals surface area contributed by atoms with Gasteiger partial charge in [-0.3, -0.25) is 13.9 Å². The zero-order chi connectivity index (χ0) is 21.8. The lowest BCUT2D eigenvalue weighted by Gasteiger charge is -2.14. The van der Waals surface area contributed by atoms with Gasteiger partial charge in [0.25, 0.3) is 5.56 Å². The molecule has 1 aliphatic rings. The zero-order valence-electron chi connectivity index (χ0n) is 17.5. The third kappa shape index (κ3) is 4.54. The van der Waals surface area contributed by atoms with Crippen LogP contribution in [0.4, 0.5) is 5.82 Å². The molecule has 1 aliphatic heterocycles. The molecule has 2 aromatic heterocycles. The van der Waals surface area contributed by atoms with Crippen LogP contribution in [0.3, 0.4) is 0 Å². The van der Waals surface area contributed by atoms with E-state index in [1.54, 1.807) is 4.57 Å². The van der Waals surface area contributed by atoms with Gasteiger partial charge in [0.1, 0.15) is 23.1 Å². The number of nitrogens with zero attached hydrogens (tertiary/aromatic N) is 6. The fourth-order valence-corrected chi connectivity index (χ4v) is 4.02. The molecule has 0 N–H and O–H groups in total. The van der Waals surface area contributed by atoms with Crippen LogP contribution in [0.2, 0.25) is 0 Å². The maximum atomic E-state index is 13.0. The molecule has 0 amide bonds. The van der Waals surface area contributed by atoms with E-state index in [4.69, 9.17) is 11.6 Å². The van der Waals surface area contributed by atoms with Crippen LogP contribution in [0.1, 0.15) is 43.1 Å². The Bertz CT molecular complexity index is 1210. The van der Waals surface area contributed by atoms with Crippen LogP contribution >= 0.6 is 11.6 Å². The molecule has 0 aliphatic carbocycles. The summed E-state index contributed by atoms with van der Waals surface area (Å²) in [5.74, 6) is 1.28. The van der Waals surface area contributed by atoms with E-state index in [9.17, 15) is 9.59 Å². The summed E-state index contributed by atoms with van der Waals surface area (Å²) in [6, 6.07) is 10.1. The summed E-state index contributed by atoms with van der Waals surface area (Å²) in [6.07, 6.45) is 4.86. The lowest BCUT2D eigenvalue weighted by Crippen LogP contribution is -2.41. The van der Waals surface area contributed by atoms with E-state index in [1.165, 1.54) is 10.9 Å². The topological polar surface area (TPSA) is 87.1 Å². The van der Waals surface area contributed by atoms with Crippen molar-refractivity contribution in [3.8, 4) is 0 Å². The van der Waals surface area contributed by atoms with Gasteiger partial charge in [-0.1, -0.05) is 55.3 Å². The number of unbranched alkanes of at least 4 members (excludes halogenated alkanes) is 1. The molecule has 0 unspecified atom stereocenters. The van der Waals surface area contributed by atoms with E-state index in [0.29, 0.717) is 49.0 Å². The van der Waals surface area contributed by atoms with Crippen molar-refractivity contribution in [2.45, 2.75) is 58.7 Å². The molecule has 1 aromatic carbocycles. The van der Waals surface area contributed by atoms with Crippen LogP contribution in [0.25, 0.3) is 0 Å². The van der Waals surface area contributed by atoms with Crippen molar-refractivity contribution in [1.82, 2.24) is 23.9 Å². The number of fused-ring (bicyclic) bond motifs is 1. The fraction of sp³-hybridized carbons (Fsp3) is 0.409. The number of halogens is 1. The van der Waals surface area contributed by atoms with Crippen molar-refractivity contribution in [2.75, 3.05) is 0 Å². The molecule has 0 fully saturated rings. The van der Waals surface area contributed by atoms with Crippen molar-refractivity contribution < 1.29 is 0 Å². The van der Waals surface area contributed by atoms with Gasteiger partial charge in [0, 0.05) is 32.5 Å².